The molecule has 0 spiro atoms. The number of phenolic OH excluding ortho intramolecular Hbond substituents is 1. The second-order valence-corrected chi connectivity index (χ2v) is 6.19. The number of hydrogen-bond acceptors (Lipinski definition) is 5. The van der Waals surface area contributed by atoms with Crippen LogP contribution in [0.2, 0.25) is 0 Å². The number of aromatic hydroxyl groups is 1. The van der Waals surface area contributed by atoms with Crippen molar-refractivity contribution in [3.05, 3.63) is 53.1 Å². The predicted molar refractivity (Wildman–Crippen MR) is 101 cm³/mol. The number of methoxy groups -OCH3 is 1. The van der Waals surface area contributed by atoms with E-state index in [0.717, 1.165) is 11.1 Å². The van der Waals surface area contributed by atoms with Gasteiger partial charge in [-0.2, -0.15) is 5.10 Å². The summed E-state index contributed by atoms with van der Waals surface area (Å²) in [6.45, 7) is 6.02. The van der Waals surface area contributed by atoms with E-state index in [0.29, 0.717) is 23.0 Å². The van der Waals surface area contributed by atoms with Crippen LogP contribution in [0.1, 0.15) is 36.5 Å². The minimum Gasteiger partial charge on any atom is -0.504 e. The Morgan fingerprint density at radius 1 is 1.23 bits per heavy atom. The zero-order valence-corrected chi connectivity index (χ0v) is 15.4. The minimum absolute atomic E-state index is 0.0427. The van der Waals surface area contributed by atoms with Gasteiger partial charge < -0.3 is 14.6 Å². The van der Waals surface area contributed by atoms with Crippen molar-refractivity contribution in [3.8, 4) is 17.2 Å². The monoisotopic (exact) mass is 356 g/mol. The molecule has 0 aliphatic rings. The number of nitrogens with one attached hydrogen (secondary N) is 1. The fourth-order valence-corrected chi connectivity index (χ4v) is 2.26. The Morgan fingerprint density at radius 3 is 2.69 bits per heavy atom. The average molecular weight is 356 g/mol. The average Bonchev–Trinajstić information content (AvgIpc) is 2.62. The van der Waals surface area contributed by atoms with Crippen molar-refractivity contribution in [2.45, 2.75) is 26.7 Å². The molecule has 26 heavy (non-hydrogen) atoms. The summed E-state index contributed by atoms with van der Waals surface area (Å²) >= 11 is 0. The molecule has 0 saturated carbocycles. The lowest BCUT2D eigenvalue weighted by atomic mass is 10.0. The highest BCUT2D eigenvalue weighted by atomic mass is 16.5. The summed E-state index contributed by atoms with van der Waals surface area (Å²) in [5, 5.41) is 13.4. The van der Waals surface area contributed by atoms with Crippen LogP contribution in [-0.2, 0) is 4.79 Å². The van der Waals surface area contributed by atoms with Crippen LogP contribution in [0.5, 0.6) is 17.2 Å². The molecular weight excluding hydrogens is 332 g/mol. The van der Waals surface area contributed by atoms with Crippen molar-refractivity contribution >= 4 is 12.1 Å². The van der Waals surface area contributed by atoms with Gasteiger partial charge in [0.05, 0.1) is 13.3 Å². The van der Waals surface area contributed by atoms with Crippen molar-refractivity contribution in [3.63, 3.8) is 0 Å². The number of benzene rings is 2. The standard InChI is InChI=1S/C20H24N2O4/c1-13(2)16-7-5-14(3)18(10-16)26-12-20(24)22-21-11-15-6-8-17(23)19(9-15)25-4/h5-11,13,23H,12H2,1-4H3,(H,22,24)/b21-11-. The second-order valence-electron chi connectivity index (χ2n) is 6.19. The van der Waals surface area contributed by atoms with E-state index in [1.807, 2.05) is 19.1 Å². The normalized spacial score (nSPS) is 11.0. The Labute approximate surface area is 153 Å². The van der Waals surface area contributed by atoms with Crippen molar-refractivity contribution < 1.29 is 19.4 Å². The van der Waals surface area contributed by atoms with Crippen molar-refractivity contribution in [2.24, 2.45) is 5.10 Å². The first kappa shape index (κ1) is 19.3. The quantitative estimate of drug-likeness (QED) is 0.589. The number of aryl methyl sites for hydroxylation is 1. The Kier molecular flexibility index (Phi) is 6.60. The molecule has 2 aromatic rings. The van der Waals surface area contributed by atoms with Gasteiger partial charge in [0.25, 0.3) is 5.91 Å². The number of hydrogen-bond donors (Lipinski definition) is 2. The number of nitrogens with zero attached hydrogens (tertiary/aromatic N) is 1. The number of hydrazone groups is 1. The van der Waals surface area contributed by atoms with Gasteiger partial charge in [-0.15, -0.1) is 0 Å². The van der Waals surface area contributed by atoms with Crippen LogP contribution < -0.4 is 14.9 Å². The molecule has 0 aliphatic heterocycles. The molecule has 0 atom stereocenters. The van der Waals surface area contributed by atoms with Crippen LogP contribution in [0, 0.1) is 6.92 Å². The van der Waals surface area contributed by atoms with E-state index in [2.05, 4.69) is 30.4 Å². The molecule has 138 valence electrons. The molecule has 0 heterocycles. The summed E-state index contributed by atoms with van der Waals surface area (Å²) in [6, 6.07) is 10.8. The van der Waals surface area contributed by atoms with Crippen LogP contribution in [0.3, 0.4) is 0 Å². The minimum atomic E-state index is -0.360. The lowest BCUT2D eigenvalue weighted by Gasteiger charge is -2.12. The molecule has 6 nitrogen and oxygen atoms in total. The lowest BCUT2D eigenvalue weighted by molar-refractivity contribution is -0.123. The van der Waals surface area contributed by atoms with E-state index < -0.39 is 0 Å². The summed E-state index contributed by atoms with van der Waals surface area (Å²) in [5.74, 6) is 1.10. The van der Waals surface area contributed by atoms with Crippen molar-refractivity contribution in [1.29, 1.82) is 0 Å². The lowest BCUT2D eigenvalue weighted by Crippen LogP contribution is -2.24. The van der Waals surface area contributed by atoms with Gasteiger partial charge in [-0.3, -0.25) is 4.79 Å². The second kappa shape index (κ2) is 8.89. The smallest absolute Gasteiger partial charge is 0.277 e. The van der Waals surface area contributed by atoms with Gasteiger partial charge in [0.1, 0.15) is 5.75 Å². The van der Waals surface area contributed by atoms with Gasteiger partial charge in [-0.25, -0.2) is 5.43 Å². The number of carbonyl (C=O) groups is 1. The molecule has 0 radical (unpaired) electrons. The van der Waals surface area contributed by atoms with Crippen molar-refractivity contribution in [1.82, 2.24) is 5.43 Å². The number of ether oxygens (including phenoxy) is 2. The largest absolute Gasteiger partial charge is 0.504 e. The topological polar surface area (TPSA) is 80.2 Å². The summed E-state index contributed by atoms with van der Waals surface area (Å²) in [6.07, 6.45) is 1.46. The van der Waals surface area contributed by atoms with E-state index in [4.69, 9.17) is 9.47 Å². The predicted octanol–water partition coefficient (Wildman–Crippen LogP) is 3.36. The first-order valence-electron chi connectivity index (χ1n) is 8.33. The third-order valence-corrected chi connectivity index (χ3v) is 3.84. The molecule has 0 bridgehead atoms. The fourth-order valence-electron chi connectivity index (χ4n) is 2.26. The molecule has 0 aromatic heterocycles. The molecule has 2 aromatic carbocycles. The summed E-state index contributed by atoms with van der Waals surface area (Å²) in [5.41, 5.74) is 5.23. The van der Waals surface area contributed by atoms with Gasteiger partial charge >= 0.3 is 0 Å². The number of phenols is 1. The maximum absolute atomic E-state index is 11.9. The Balaban J connectivity index is 1.90. The zero-order chi connectivity index (χ0) is 19.1. The van der Waals surface area contributed by atoms with E-state index in [9.17, 15) is 9.90 Å². The fraction of sp³-hybridized carbons (Fsp3) is 0.300. The third-order valence-electron chi connectivity index (χ3n) is 3.84. The van der Waals surface area contributed by atoms with Crippen LogP contribution in [0.4, 0.5) is 0 Å². The van der Waals surface area contributed by atoms with Crippen LogP contribution in [0.15, 0.2) is 41.5 Å². The van der Waals surface area contributed by atoms with E-state index in [-0.39, 0.29) is 18.3 Å². The molecule has 6 heteroatoms. The number of carbonyl (C=O) groups excluding carboxylic acids is 1. The SMILES string of the molecule is COc1cc(/C=N\NC(=O)COc2cc(C(C)C)ccc2C)ccc1O. The van der Waals surface area contributed by atoms with Crippen LogP contribution in [-0.4, -0.2) is 30.9 Å². The molecule has 0 fully saturated rings. The van der Waals surface area contributed by atoms with E-state index >= 15 is 0 Å². The van der Waals surface area contributed by atoms with E-state index in [1.54, 1.807) is 12.1 Å². The van der Waals surface area contributed by atoms with E-state index in [1.165, 1.54) is 19.4 Å². The highest BCUT2D eigenvalue weighted by Crippen LogP contribution is 2.25. The Morgan fingerprint density at radius 2 is 2.00 bits per heavy atom. The molecule has 0 unspecified atom stereocenters. The van der Waals surface area contributed by atoms with Gasteiger partial charge in [0.2, 0.25) is 0 Å². The number of amides is 1. The maximum atomic E-state index is 11.9. The molecule has 2 N–H and O–H groups in total. The highest BCUT2D eigenvalue weighted by molar-refractivity contribution is 5.83. The van der Waals surface area contributed by atoms with Gasteiger partial charge in [-0.05, 0) is 53.8 Å². The molecule has 1 amide bonds. The molecule has 0 saturated heterocycles. The Hall–Kier alpha value is -3.02. The van der Waals surface area contributed by atoms with Gasteiger partial charge in [-0.1, -0.05) is 26.0 Å². The molecular formula is C20H24N2O4. The van der Waals surface area contributed by atoms with Crippen LogP contribution >= 0.6 is 0 Å². The molecule has 2 rings (SSSR count). The summed E-state index contributed by atoms with van der Waals surface area (Å²) in [7, 11) is 1.46. The third kappa shape index (κ3) is 5.24. The molecule has 0 aliphatic carbocycles. The van der Waals surface area contributed by atoms with Gasteiger partial charge in [0, 0.05) is 0 Å². The Bertz CT molecular complexity index is 800. The maximum Gasteiger partial charge on any atom is 0.277 e. The summed E-state index contributed by atoms with van der Waals surface area (Å²) in [4.78, 5) is 11.9. The zero-order valence-electron chi connectivity index (χ0n) is 15.4. The first-order valence-corrected chi connectivity index (χ1v) is 8.33. The van der Waals surface area contributed by atoms with Crippen LogP contribution in [0.25, 0.3) is 0 Å². The van der Waals surface area contributed by atoms with Crippen molar-refractivity contribution in [2.75, 3.05) is 13.7 Å². The highest BCUT2D eigenvalue weighted by Gasteiger charge is 2.07. The summed E-state index contributed by atoms with van der Waals surface area (Å²) < 4.78 is 10.6. The number of rotatable bonds is 7. The first-order chi connectivity index (χ1) is 12.4. The van der Waals surface area contributed by atoms with Gasteiger partial charge in [0.15, 0.2) is 18.1 Å².